The lowest BCUT2D eigenvalue weighted by Gasteiger charge is -2.14. The van der Waals surface area contributed by atoms with Crippen molar-refractivity contribution in [3.8, 4) is 0 Å². The number of aliphatic hydroxyl groups excluding tert-OH is 1. The van der Waals surface area contributed by atoms with E-state index in [0.29, 0.717) is 19.0 Å². The Hall–Kier alpha value is -0.610. The van der Waals surface area contributed by atoms with Gasteiger partial charge in [0.1, 0.15) is 0 Å². The maximum atomic E-state index is 12.0. The minimum Gasteiger partial charge on any atom is -0.392 e. The van der Waals surface area contributed by atoms with Crippen molar-refractivity contribution in [3.05, 3.63) is 0 Å². The zero-order valence-electron chi connectivity index (χ0n) is 9.93. The summed E-state index contributed by atoms with van der Waals surface area (Å²) in [6.45, 7) is 0.556. The Balaban J connectivity index is 1.36. The molecular weight excluding hydrogens is 216 g/mol. The molecule has 4 heteroatoms. The van der Waals surface area contributed by atoms with E-state index in [9.17, 15) is 9.90 Å². The molecule has 4 aliphatic rings. The van der Waals surface area contributed by atoms with Gasteiger partial charge in [-0.3, -0.25) is 4.79 Å². The molecule has 0 spiro atoms. The summed E-state index contributed by atoms with van der Waals surface area (Å²) in [5.41, 5.74) is 0. The van der Waals surface area contributed by atoms with Crippen molar-refractivity contribution in [2.75, 3.05) is 6.54 Å². The van der Waals surface area contributed by atoms with Crippen molar-refractivity contribution in [2.24, 2.45) is 23.7 Å². The Bertz CT molecular complexity index is 343. The molecule has 0 aromatic rings. The van der Waals surface area contributed by atoms with Crippen LogP contribution in [0.3, 0.4) is 0 Å². The van der Waals surface area contributed by atoms with Gasteiger partial charge in [-0.25, -0.2) is 0 Å². The molecule has 4 fully saturated rings. The van der Waals surface area contributed by atoms with E-state index in [1.165, 1.54) is 19.3 Å². The van der Waals surface area contributed by atoms with Crippen LogP contribution in [0.4, 0.5) is 0 Å². The second kappa shape index (κ2) is 3.45. The first-order valence-electron chi connectivity index (χ1n) is 6.96. The van der Waals surface area contributed by atoms with Crippen molar-refractivity contribution < 1.29 is 9.90 Å². The summed E-state index contributed by atoms with van der Waals surface area (Å²) in [6.07, 6.45) is 4.42. The highest BCUT2D eigenvalue weighted by Crippen LogP contribution is 2.65. The molecule has 4 rings (SSSR count). The van der Waals surface area contributed by atoms with Crippen LogP contribution in [0.2, 0.25) is 0 Å². The molecule has 1 heterocycles. The van der Waals surface area contributed by atoms with Crippen molar-refractivity contribution in [3.63, 3.8) is 0 Å². The van der Waals surface area contributed by atoms with Crippen LogP contribution in [0.1, 0.15) is 25.7 Å². The van der Waals surface area contributed by atoms with Crippen LogP contribution in [-0.4, -0.2) is 35.7 Å². The maximum absolute atomic E-state index is 12.0. The number of nitrogens with one attached hydrogen (secondary N) is 2. The third-order valence-electron chi connectivity index (χ3n) is 5.47. The smallest absolute Gasteiger partial charge is 0.237 e. The molecular formula is C13H20N2O2. The predicted molar refractivity (Wildman–Crippen MR) is 62.2 cm³/mol. The average molecular weight is 236 g/mol. The zero-order chi connectivity index (χ0) is 11.6. The van der Waals surface area contributed by atoms with E-state index in [1.54, 1.807) is 0 Å². The number of hydrogen-bond acceptors (Lipinski definition) is 3. The van der Waals surface area contributed by atoms with Gasteiger partial charge in [0.15, 0.2) is 0 Å². The standard InChI is InChI=1S/C13H20N2O2/c16-8-4-9(14-5-8)13(17)15-12-10-6-1-2-7(3-6)11(10)12/h6-12,14,16H,1-5H2,(H,15,17). The van der Waals surface area contributed by atoms with Gasteiger partial charge in [-0.1, -0.05) is 0 Å². The summed E-state index contributed by atoms with van der Waals surface area (Å²) in [6, 6.07) is 0.303. The monoisotopic (exact) mass is 236 g/mol. The minimum absolute atomic E-state index is 0.111. The number of β-amino-alcohol motifs (C(OH)–C–C–N with tert-alkyl or cyclic N) is 1. The van der Waals surface area contributed by atoms with Gasteiger partial charge in [0.05, 0.1) is 12.1 Å². The van der Waals surface area contributed by atoms with Crippen LogP contribution in [0, 0.1) is 23.7 Å². The average Bonchev–Trinajstić information content (AvgIpc) is 2.77. The van der Waals surface area contributed by atoms with Gasteiger partial charge in [0.2, 0.25) is 5.91 Å². The molecule has 3 aliphatic carbocycles. The molecule has 17 heavy (non-hydrogen) atoms. The van der Waals surface area contributed by atoms with E-state index in [-0.39, 0.29) is 18.1 Å². The molecule has 3 N–H and O–H groups in total. The highest BCUT2D eigenvalue weighted by atomic mass is 16.3. The van der Waals surface area contributed by atoms with Gasteiger partial charge < -0.3 is 15.7 Å². The lowest BCUT2D eigenvalue weighted by molar-refractivity contribution is -0.123. The van der Waals surface area contributed by atoms with Crippen molar-refractivity contribution >= 4 is 5.91 Å². The quantitative estimate of drug-likeness (QED) is 0.626. The number of rotatable bonds is 2. The normalized spacial score (nSPS) is 54.8. The lowest BCUT2D eigenvalue weighted by atomic mass is 10.0. The van der Waals surface area contributed by atoms with Gasteiger partial charge in [-0.2, -0.15) is 0 Å². The molecule has 4 nitrogen and oxygen atoms in total. The first-order valence-corrected chi connectivity index (χ1v) is 6.96. The number of amides is 1. The molecule has 0 aromatic carbocycles. The summed E-state index contributed by atoms with van der Waals surface area (Å²) in [5.74, 6) is 3.50. The van der Waals surface area contributed by atoms with Gasteiger partial charge in [0, 0.05) is 12.6 Å². The van der Waals surface area contributed by atoms with E-state index < -0.39 is 0 Å². The number of hydrogen-bond donors (Lipinski definition) is 3. The second-order valence-corrected chi connectivity index (χ2v) is 6.37. The van der Waals surface area contributed by atoms with E-state index in [0.717, 1.165) is 23.7 Å². The molecule has 0 radical (unpaired) electrons. The Kier molecular flexibility index (Phi) is 2.10. The molecule has 2 bridgehead atoms. The van der Waals surface area contributed by atoms with Crippen LogP contribution in [0.15, 0.2) is 0 Å². The van der Waals surface area contributed by atoms with E-state index in [2.05, 4.69) is 10.6 Å². The summed E-state index contributed by atoms with van der Waals surface area (Å²) in [7, 11) is 0. The molecule has 1 amide bonds. The maximum Gasteiger partial charge on any atom is 0.237 e. The molecule has 6 unspecified atom stereocenters. The fraction of sp³-hybridized carbons (Fsp3) is 0.923. The van der Waals surface area contributed by atoms with E-state index >= 15 is 0 Å². The SMILES string of the molecule is O=C(NC1C2C3CCC(C3)C12)C1CC(O)CN1. The summed E-state index contributed by atoms with van der Waals surface area (Å²) >= 11 is 0. The van der Waals surface area contributed by atoms with Crippen LogP contribution < -0.4 is 10.6 Å². The summed E-state index contributed by atoms with van der Waals surface area (Å²) < 4.78 is 0. The summed E-state index contributed by atoms with van der Waals surface area (Å²) in [4.78, 5) is 12.0. The third-order valence-corrected chi connectivity index (χ3v) is 5.47. The lowest BCUT2D eigenvalue weighted by Crippen LogP contribution is -2.42. The highest BCUT2D eigenvalue weighted by molar-refractivity contribution is 5.83. The second-order valence-electron chi connectivity index (χ2n) is 6.37. The zero-order valence-corrected chi connectivity index (χ0v) is 9.93. The van der Waals surface area contributed by atoms with E-state index in [4.69, 9.17) is 0 Å². The molecule has 3 saturated carbocycles. The number of carbonyl (C=O) groups is 1. The Morgan fingerprint density at radius 2 is 1.88 bits per heavy atom. The first-order chi connectivity index (χ1) is 8.24. The highest BCUT2D eigenvalue weighted by Gasteiger charge is 2.65. The number of aliphatic hydroxyl groups is 1. The van der Waals surface area contributed by atoms with Gasteiger partial charge >= 0.3 is 0 Å². The summed E-state index contributed by atoms with van der Waals surface area (Å²) in [5, 5.41) is 15.7. The van der Waals surface area contributed by atoms with Crippen molar-refractivity contribution in [2.45, 2.75) is 43.9 Å². The van der Waals surface area contributed by atoms with Crippen LogP contribution in [0.5, 0.6) is 0 Å². The third kappa shape index (κ3) is 1.47. The molecule has 94 valence electrons. The Morgan fingerprint density at radius 3 is 2.47 bits per heavy atom. The molecule has 1 saturated heterocycles. The van der Waals surface area contributed by atoms with Crippen molar-refractivity contribution in [1.82, 2.24) is 10.6 Å². The minimum atomic E-state index is -0.347. The predicted octanol–water partition coefficient (Wildman–Crippen LogP) is -0.130. The van der Waals surface area contributed by atoms with E-state index in [1.807, 2.05) is 0 Å². The van der Waals surface area contributed by atoms with Crippen LogP contribution >= 0.6 is 0 Å². The Morgan fingerprint density at radius 1 is 1.18 bits per heavy atom. The largest absolute Gasteiger partial charge is 0.392 e. The topological polar surface area (TPSA) is 61.4 Å². The fourth-order valence-corrected chi connectivity index (χ4v) is 4.70. The van der Waals surface area contributed by atoms with Crippen LogP contribution in [-0.2, 0) is 4.79 Å². The fourth-order valence-electron chi connectivity index (χ4n) is 4.70. The molecule has 0 aromatic heterocycles. The van der Waals surface area contributed by atoms with Gasteiger partial charge in [0.25, 0.3) is 0 Å². The van der Waals surface area contributed by atoms with Crippen LogP contribution in [0.25, 0.3) is 0 Å². The first kappa shape index (κ1) is 10.3. The molecule has 1 aliphatic heterocycles. The van der Waals surface area contributed by atoms with Gasteiger partial charge in [-0.05, 0) is 49.4 Å². The molecule has 6 atom stereocenters. The van der Waals surface area contributed by atoms with Crippen molar-refractivity contribution in [1.29, 1.82) is 0 Å². The number of carbonyl (C=O) groups excluding carboxylic acids is 1. The Labute approximate surface area is 101 Å². The van der Waals surface area contributed by atoms with Gasteiger partial charge in [-0.15, -0.1) is 0 Å². The number of fused-ring (bicyclic) bond motifs is 5.